The van der Waals surface area contributed by atoms with Crippen molar-refractivity contribution in [1.82, 2.24) is 9.88 Å². The van der Waals surface area contributed by atoms with E-state index in [1.165, 1.54) is 14.0 Å². The number of hydrogen-bond acceptors (Lipinski definition) is 4. The van der Waals surface area contributed by atoms with Gasteiger partial charge in [0.2, 0.25) is 11.7 Å². The number of carbonyl (C=O) groups excluding carboxylic acids is 1. The number of carboxylic acids is 1. The highest BCUT2D eigenvalue weighted by molar-refractivity contribution is 5.95. The Hall–Kier alpha value is -2.63. The van der Waals surface area contributed by atoms with Gasteiger partial charge in [-0.2, -0.15) is 0 Å². The Kier molecular flexibility index (Phi) is 4.07. The summed E-state index contributed by atoms with van der Waals surface area (Å²) in [6, 6.07) is 8.26. The van der Waals surface area contributed by atoms with Gasteiger partial charge in [0.15, 0.2) is 0 Å². The van der Waals surface area contributed by atoms with Crippen LogP contribution in [-0.4, -0.2) is 40.0 Å². The second-order valence-corrected chi connectivity index (χ2v) is 4.73. The molecule has 2 aromatic rings. The monoisotopic (exact) mass is 288 g/mol. The van der Waals surface area contributed by atoms with Crippen molar-refractivity contribution in [2.45, 2.75) is 19.9 Å². The Balaban J connectivity index is 2.31. The predicted octanol–water partition coefficient (Wildman–Crippen LogP) is 2.20. The van der Waals surface area contributed by atoms with Gasteiger partial charge >= 0.3 is 5.97 Å². The van der Waals surface area contributed by atoms with E-state index in [0.29, 0.717) is 11.6 Å². The number of aromatic nitrogens is 1. The number of benzene rings is 1. The minimum atomic E-state index is -1.08. The third-order valence-corrected chi connectivity index (χ3v) is 3.27. The Labute approximate surface area is 122 Å². The van der Waals surface area contributed by atoms with Gasteiger partial charge in [-0.3, -0.25) is 4.79 Å². The van der Waals surface area contributed by atoms with Crippen LogP contribution in [0, 0.1) is 6.92 Å². The first-order valence-corrected chi connectivity index (χ1v) is 6.44. The molecule has 0 aliphatic rings. The molecule has 6 nitrogen and oxygen atoms in total. The number of aryl methyl sites for hydroxylation is 1. The molecular formula is C15H16N2O4. The fourth-order valence-corrected chi connectivity index (χ4v) is 1.80. The van der Waals surface area contributed by atoms with Crippen molar-refractivity contribution in [1.29, 1.82) is 0 Å². The molecule has 2 rings (SSSR count). The molecule has 1 atom stereocenters. The van der Waals surface area contributed by atoms with Crippen LogP contribution in [-0.2, 0) is 4.79 Å². The molecular weight excluding hydrogens is 272 g/mol. The number of carbonyl (C=O) groups is 2. The topological polar surface area (TPSA) is 83.6 Å². The van der Waals surface area contributed by atoms with Crippen LogP contribution in [0.25, 0.3) is 11.5 Å². The number of amides is 1. The van der Waals surface area contributed by atoms with Crippen LogP contribution >= 0.6 is 0 Å². The number of nitrogens with zero attached hydrogens (tertiary/aromatic N) is 2. The Bertz CT molecular complexity index is 664. The van der Waals surface area contributed by atoms with E-state index in [-0.39, 0.29) is 5.76 Å². The van der Waals surface area contributed by atoms with Crippen LogP contribution in [0.1, 0.15) is 23.2 Å². The van der Waals surface area contributed by atoms with E-state index < -0.39 is 17.9 Å². The van der Waals surface area contributed by atoms with Gasteiger partial charge in [0, 0.05) is 12.6 Å². The van der Waals surface area contributed by atoms with E-state index in [9.17, 15) is 9.59 Å². The van der Waals surface area contributed by atoms with Crippen LogP contribution < -0.4 is 0 Å². The van der Waals surface area contributed by atoms with Crippen molar-refractivity contribution in [3.63, 3.8) is 0 Å². The summed E-state index contributed by atoms with van der Waals surface area (Å²) in [6.07, 6.45) is 0. The number of rotatable bonds is 4. The lowest BCUT2D eigenvalue weighted by atomic mass is 10.2. The van der Waals surface area contributed by atoms with E-state index >= 15 is 0 Å². The third-order valence-electron chi connectivity index (χ3n) is 3.27. The first-order chi connectivity index (χ1) is 9.91. The minimum absolute atomic E-state index is 0.0597. The molecule has 110 valence electrons. The zero-order valence-electron chi connectivity index (χ0n) is 12.0. The average molecular weight is 288 g/mol. The zero-order chi connectivity index (χ0) is 15.6. The van der Waals surface area contributed by atoms with E-state index in [2.05, 4.69) is 4.98 Å². The third kappa shape index (κ3) is 2.94. The van der Waals surface area contributed by atoms with Crippen LogP contribution in [0.15, 0.2) is 34.7 Å². The number of aliphatic carboxylic acids is 1. The van der Waals surface area contributed by atoms with Crippen LogP contribution in [0.5, 0.6) is 0 Å². The lowest BCUT2D eigenvalue weighted by Crippen LogP contribution is -2.40. The number of carboxylic acid groups (broad SMARTS) is 1. The van der Waals surface area contributed by atoms with Crippen molar-refractivity contribution < 1.29 is 19.1 Å². The van der Waals surface area contributed by atoms with Crippen LogP contribution in [0.4, 0.5) is 0 Å². The van der Waals surface area contributed by atoms with E-state index in [4.69, 9.17) is 9.52 Å². The largest absolute Gasteiger partial charge is 0.480 e. The lowest BCUT2D eigenvalue weighted by Gasteiger charge is -2.20. The molecule has 0 saturated carbocycles. The Morgan fingerprint density at radius 1 is 1.29 bits per heavy atom. The summed E-state index contributed by atoms with van der Waals surface area (Å²) in [6.45, 7) is 3.09. The highest BCUT2D eigenvalue weighted by Crippen LogP contribution is 2.22. The highest BCUT2D eigenvalue weighted by Gasteiger charge is 2.27. The minimum Gasteiger partial charge on any atom is -0.480 e. The standard InChI is InChI=1S/C15H16N2O4/c1-9-12(14(18)17(3)10(2)15(19)20)21-13(16-9)11-7-5-4-6-8-11/h4-8,10H,1-3H3,(H,19,20). The van der Waals surface area contributed by atoms with Crippen molar-refractivity contribution in [2.24, 2.45) is 0 Å². The van der Waals surface area contributed by atoms with Gasteiger partial charge in [-0.05, 0) is 26.0 Å². The first kappa shape index (κ1) is 14.8. The summed E-state index contributed by atoms with van der Waals surface area (Å²) in [7, 11) is 1.42. The second kappa shape index (κ2) is 5.78. The molecule has 1 aromatic heterocycles. The fraction of sp³-hybridized carbons (Fsp3) is 0.267. The van der Waals surface area contributed by atoms with Crippen molar-refractivity contribution in [2.75, 3.05) is 7.05 Å². The summed E-state index contributed by atoms with van der Waals surface area (Å²) in [5.74, 6) is -1.18. The van der Waals surface area contributed by atoms with Gasteiger partial charge in [0.25, 0.3) is 5.91 Å². The Morgan fingerprint density at radius 2 is 1.90 bits per heavy atom. The first-order valence-electron chi connectivity index (χ1n) is 6.44. The molecule has 0 bridgehead atoms. The SMILES string of the molecule is Cc1nc(-c2ccccc2)oc1C(=O)N(C)C(C)C(=O)O. The van der Waals surface area contributed by atoms with Gasteiger partial charge < -0.3 is 14.4 Å². The van der Waals surface area contributed by atoms with Gasteiger partial charge in [0.05, 0.1) is 5.69 Å². The van der Waals surface area contributed by atoms with Crippen LogP contribution in [0.3, 0.4) is 0 Å². The summed E-state index contributed by atoms with van der Waals surface area (Å²) >= 11 is 0. The second-order valence-electron chi connectivity index (χ2n) is 4.73. The smallest absolute Gasteiger partial charge is 0.326 e. The molecule has 0 aliphatic heterocycles. The molecule has 1 amide bonds. The summed E-state index contributed by atoms with van der Waals surface area (Å²) in [5, 5.41) is 8.96. The summed E-state index contributed by atoms with van der Waals surface area (Å²) < 4.78 is 5.52. The van der Waals surface area contributed by atoms with Crippen molar-refractivity contribution >= 4 is 11.9 Å². The normalized spacial score (nSPS) is 12.0. The number of likely N-dealkylation sites (N-methyl/N-ethyl adjacent to an activating group) is 1. The number of oxazole rings is 1. The molecule has 0 aliphatic carbocycles. The molecule has 6 heteroatoms. The van der Waals surface area contributed by atoms with Gasteiger partial charge in [-0.15, -0.1) is 0 Å². The molecule has 1 N–H and O–H groups in total. The maximum absolute atomic E-state index is 12.3. The van der Waals surface area contributed by atoms with Gasteiger partial charge in [-0.1, -0.05) is 18.2 Å². The van der Waals surface area contributed by atoms with E-state index in [1.807, 2.05) is 30.3 Å². The maximum atomic E-state index is 12.3. The summed E-state index contributed by atoms with van der Waals surface area (Å²) in [4.78, 5) is 28.6. The molecule has 21 heavy (non-hydrogen) atoms. The predicted molar refractivity (Wildman–Crippen MR) is 75.9 cm³/mol. The van der Waals surface area contributed by atoms with Crippen molar-refractivity contribution in [3.05, 3.63) is 41.8 Å². The molecule has 1 unspecified atom stereocenters. The maximum Gasteiger partial charge on any atom is 0.326 e. The number of hydrogen-bond donors (Lipinski definition) is 1. The average Bonchev–Trinajstić information content (AvgIpc) is 2.87. The molecule has 0 saturated heterocycles. The quantitative estimate of drug-likeness (QED) is 0.932. The van der Waals surface area contributed by atoms with Crippen molar-refractivity contribution in [3.8, 4) is 11.5 Å². The van der Waals surface area contributed by atoms with E-state index in [0.717, 1.165) is 10.5 Å². The van der Waals surface area contributed by atoms with Crippen LogP contribution in [0.2, 0.25) is 0 Å². The van der Waals surface area contributed by atoms with Gasteiger partial charge in [-0.25, -0.2) is 9.78 Å². The van der Waals surface area contributed by atoms with E-state index in [1.54, 1.807) is 6.92 Å². The highest BCUT2D eigenvalue weighted by atomic mass is 16.4. The molecule has 1 heterocycles. The Morgan fingerprint density at radius 3 is 2.48 bits per heavy atom. The molecule has 1 aromatic carbocycles. The molecule has 0 fully saturated rings. The zero-order valence-corrected chi connectivity index (χ0v) is 12.0. The molecule has 0 radical (unpaired) electrons. The molecule has 0 spiro atoms. The fourth-order valence-electron chi connectivity index (χ4n) is 1.80. The van der Waals surface area contributed by atoms with Gasteiger partial charge in [0.1, 0.15) is 6.04 Å². The summed E-state index contributed by atoms with van der Waals surface area (Å²) in [5.41, 5.74) is 1.19. The lowest BCUT2D eigenvalue weighted by molar-refractivity contribution is -0.141.